The zero-order valence-corrected chi connectivity index (χ0v) is 24.2. The van der Waals surface area contributed by atoms with Gasteiger partial charge in [0.05, 0.1) is 18.1 Å². The molecule has 2 heterocycles. The van der Waals surface area contributed by atoms with Gasteiger partial charge in [0.1, 0.15) is 12.2 Å². The fourth-order valence-electron chi connectivity index (χ4n) is 6.35. The van der Waals surface area contributed by atoms with Crippen molar-refractivity contribution >= 4 is 11.9 Å². The molecule has 0 amide bonds. The van der Waals surface area contributed by atoms with E-state index in [-0.39, 0.29) is 48.4 Å². The molecule has 6 heteroatoms. The lowest BCUT2D eigenvalue weighted by Crippen LogP contribution is -2.28. The number of benzene rings is 2. The maximum atomic E-state index is 13.2. The van der Waals surface area contributed by atoms with Crippen molar-refractivity contribution in [2.45, 2.75) is 102 Å². The van der Waals surface area contributed by atoms with E-state index in [0.717, 1.165) is 49.8 Å². The molecule has 0 aromatic heterocycles. The summed E-state index contributed by atoms with van der Waals surface area (Å²) in [4.78, 5) is 25.3. The lowest BCUT2D eigenvalue weighted by Gasteiger charge is -2.27. The number of unbranched alkanes of at least 4 members (excludes halogenated alkanes) is 4. The van der Waals surface area contributed by atoms with Gasteiger partial charge in [0.15, 0.2) is 6.29 Å². The molecule has 0 radical (unpaired) electrons. The molecule has 2 aliphatic heterocycles. The van der Waals surface area contributed by atoms with Crippen LogP contribution < -0.4 is 0 Å². The molecular formula is C35H44O6. The fourth-order valence-corrected chi connectivity index (χ4v) is 6.35. The van der Waals surface area contributed by atoms with E-state index in [2.05, 4.69) is 19.1 Å². The van der Waals surface area contributed by atoms with Gasteiger partial charge in [-0.2, -0.15) is 0 Å². The Bertz CT molecular complexity index is 1140. The van der Waals surface area contributed by atoms with Crippen LogP contribution in [-0.4, -0.2) is 43.1 Å². The van der Waals surface area contributed by atoms with Crippen LogP contribution in [0.15, 0.2) is 66.7 Å². The van der Waals surface area contributed by atoms with Crippen LogP contribution in [0.25, 0.3) is 11.1 Å². The Balaban J connectivity index is 1.26. The van der Waals surface area contributed by atoms with E-state index < -0.39 is 0 Å². The van der Waals surface area contributed by atoms with Gasteiger partial charge >= 0.3 is 11.9 Å². The topological polar surface area (TPSA) is 71.1 Å². The Hall–Kier alpha value is -2.96. The average molecular weight is 561 g/mol. The van der Waals surface area contributed by atoms with E-state index in [4.69, 9.17) is 18.9 Å². The predicted molar refractivity (Wildman–Crippen MR) is 158 cm³/mol. The second-order valence-corrected chi connectivity index (χ2v) is 11.7. The highest BCUT2D eigenvalue weighted by molar-refractivity contribution is 5.90. The first-order chi connectivity index (χ1) is 20.1. The number of hydrogen-bond donors (Lipinski definition) is 0. The lowest BCUT2D eigenvalue weighted by atomic mass is 9.91. The molecule has 5 rings (SSSR count). The van der Waals surface area contributed by atoms with Crippen molar-refractivity contribution < 1.29 is 28.5 Å². The smallest absolute Gasteiger partial charge is 0.338 e. The van der Waals surface area contributed by atoms with Gasteiger partial charge in [0, 0.05) is 24.9 Å². The zero-order valence-electron chi connectivity index (χ0n) is 24.2. The Morgan fingerprint density at radius 1 is 1.00 bits per heavy atom. The number of fused-ring (bicyclic) bond motifs is 1. The summed E-state index contributed by atoms with van der Waals surface area (Å²) < 4.78 is 24.0. The minimum Gasteiger partial charge on any atom is -0.462 e. The first kappa shape index (κ1) is 29.5. The van der Waals surface area contributed by atoms with Crippen LogP contribution in [0.1, 0.15) is 87.9 Å². The van der Waals surface area contributed by atoms with Gasteiger partial charge in [-0.25, -0.2) is 4.79 Å². The molecule has 41 heavy (non-hydrogen) atoms. The largest absolute Gasteiger partial charge is 0.462 e. The number of rotatable bonds is 13. The average Bonchev–Trinajstić information content (AvgIpc) is 3.51. The molecule has 1 unspecified atom stereocenters. The fraction of sp³-hybridized carbons (Fsp3) is 0.543. The maximum Gasteiger partial charge on any atom is 0.338 e. The van der Waals surface area contributed by atoms with E-state index in [9.17, 15) is 9.59 Å². The van der Waals surface area contributed by atoms with E-state index in [1.54, 1.807) is 0 Å². The maximum absolute atomic E-state index is 13.2. The van der Waals surface area contributed by atoms with E-state index >= 15 is 0 Å². The molecule has 0 bridgehead atoms. The summed E-state index contributed by atoms with van der Waals surface area (Å²) in [5.41, 5.74) is 2.67. The summed E-state index contributed by atoms with van der Waals surface area (Å²) in [6.07, 6.45) is 14.4. The van der Waals surface area contributed by atoms with Gasteiger partial charge in [0.2, 0.25) is 0 Å². The Morgan fingerprint density at radius 2 is 1.78 bits per heavy atom. The van der Waals surface area contributed by atoms with Crippen LogP contribution in [0.5, 0.6) is 0 Å². The van der Waals surface area contributed by atoms with Crippen LogP contribution in [0.3, 0.4) is 0 Å². The van der Waals surface area contributed by atoms with E-state index in [1.165, 1.54) is 25.7 Å². The summed E-state index contributed by atoms with van der Waals surface area (Å²) in [5.74, 6) is -0.608. The monoisotopic (exact) mass is 560 g/mol. The molecule has 220 valence electrons. The van der Waals surface area contributed by atoms with Crippen molar-refractivity contribution in [1.29, 1.82) is 0 Å². The number of ether oxygens (including phenoxy) is 4. The molecule has 1 aliphatic carbocycles. The second kappa shape index (κ2) is 14.8. The summed E-state index contributed by atoms with van der Waals surface area (Å²) in [7, 11) is 0. The van der Waals surface area contributed by atoms with Crippen molar-refractivity contribution in [3.63, 3.8) is 0 Å². The highest BCUT2D eigenvalue weighted by Crippen LogP contribution is 2.44. The van der Waals surface area contributed by atoms with Gasteiger partial charge in [-0.3, -0.25) is 4.79 Å². The van der Waals surface area contributed by atoms with Crippen molar-refractivity contribution in [1.82, 2.24) is 0 Å². The molecule has 3 fully saturated rings. The lowest BCUT2D eigenvalue weighted by molar-refractivity contribution is -0.179. The minimum atomic E-state index is -0.355. The van der Waals surface area contributed by atoms with Crippen molar-refractivity contribution in [2.24, 2.45) is 11.8 Å². The van der Waals surface area contributed by atoms with E-state index in [1.807, 2.05) is 54.6 Å². The van der Waals surface area contributed by atoms with Gasteiger partial charge < -0.3 is 18.9 Å². The zero-order chi connectivity index (χ0) is 28.4. The van der Waals surface area contributed by atoms with Crippen LogP contribution in [-0.2, 0) is 23.7 Å². The Labute approximate surface area is 244 Å². The minimum absolute atomic E-state index is 0.00754. The normalized spacial score (nSPS) is 26.6. The highest BCUT2D eigenvalue weighted by Gasteiger charge is 2.50. The number of hydrogen-bond acceptors (Lipinski definition) is 6. The third-order valence-corrected chi connectivity index (χ3v) is 8.64. The Kier molecular flexibility index (Phi) is 10.7. The molecule has 1 saturated carbocycles. The molecule has 6 atom stereocenters. The van der Waals surface area contributed by atoms with Crippen LogP contribution in [0.2, 0.25) is 0 Å². The van der Waals surface area contributed by atoms with Crippen molar-refractivity contribution in [3.8, 4) is 11.1 Å². The van der Waals surface area contributed by atoms with E-state index in [0.29, 0.717) is 18.4 Å². The summed E-state index contributed by atoms with van der Waals surface area (Å²) in [6.45, 7) is 2.97. The van der Waals surface area contributed by atoms with Gasteiger partial charge in [-0.1, -0.05) is 93.6 Å². The molecule has 6 nitrogen and oxygen atoms in total. The number of esters is 2. The quantitative estimate of drug-likeness (QED) is 0.142. The molecule has 3 aliphatic rings. The van der Waals surface area contributed by atoms with Gasteiger partial charge in [-0.05, 0) is 48.9 Å². The summed E-state index contributed by atoms with van der Waals surface area (Å²) >= 11 is 0. The number of carbonyl (C=O) groups excluding carboxylic acids is 2. The van der Waals surface area contributed by atoms with Gasteiger partial charge in [0.25, 0.3) is 0 Å². The first-order valence-corrected chi connectivity index (χ1v) is 15.6. The highest BCUT2D eigenvalue weighted by atomic mass is 16.7. The molecule has 0 spiro atoms. The van der Waals surface area contributed by atoms with Crippen molar-refractivity contribution in [2.75, 3.05) is 6.61 Å². The summed E-state index contributed by atoms with van der Waals surface area (Å²) in [5, 5.41) is 0. The summed E-state index contributed by atoms with van der Waals surface area (Å²) in [6, 6.07) is 17.6. The molecule has 2 saturated heterocycles. The molecule has 2 aromatic rings. The first-order valence-electron chi connectivity index (χ1n) is 15.6. The second-order valence-electron chi connectivity index (χ2n) is 11.7. The molecular weight excluding hydrogens is 516 g/mol. The Morgan fingerprint density at radius 3 is 2.54 bits per heavy atom. The number of carbonyl (C=O) groups is 2. The third-order valence-electron chi connectivity index (χ3n) is 8.64. The SMILES string of the molecule is CCCCCCC[C@@H](/C=C/[C@@H]1[C@H]2CC(=O)O[C@H]2C[C@H]1OC(=O)c1ccc(-c2ccccc2)cc1)OC1CCCCO1. The van der Waals surface area contributed by atoms with Crippen LogP contribution >= 0.6 is 0 Å². The van der Waals surface area contributed by atoms with Crippen LogP contribution in [0, 0.1) is 11.8 Å². The van der Waals surface area contributed by atoms with Crippen molar-refractivity contribution in [3.05, 3.63) is 72.3 Å². The third kappa shape index (κ3) is 8.08. The standard InChI is InChI=1S/C35H44O6/c1-2-3-4-5-9-14-28(39-34-15-10-11-22-38-34)20-21-29-30-23-33(36)40-32(30)24-31(29)41-35(37)27-18-16-26(17-19-27)25-12-7-6-8-13-25/h6-8,12-13,16-21,28-32,34H,2-5,9-11,14-15,22-24H2,1H3/b21-20+/t28-,29+,30+,31+,32-,34?/m0/s1. The molecule has 2 aromatic carbocycles. The van der Waals surface area contributed by atoms with Crippen LogP contribution in [0.4, 0.5) is 0 Å². The predicted octanol–water partition coefficient (Wildman–Crippen LogP) is 7.66. The van der Waals surface area contributed by atoms with Gasteiger partial charge in [-0.15, -0.1) is 0 Å². The molecule has 0 N–H and O–H groups in total.